The van der Waals surface area contributed by atoms with Crippen molar-refractivity contribution in [2.24, 2.45) is 5.92 Å². The van der Waals surface area contributed by atoms with Crippen LogP contribution in [0.25, 0.3) is 0 Å². The Kier molecular flexibility index (Phi) is 4.78. The molecule has 0 fully saturated rings. The van der Waals surface area contributed by atoms with E-state index in [1.165, 1.54) is 0 Å². The van der Waals surface area contributed by atoms with Gasteiger partial charge in [0.2, 0.25) is 0 Å². The van der Waals surface area contributed by atoms with E-state index >= 15 is 0 Å². The van der Waals surface area contributed by atoms with Crippen LogP contribution < -0.4 is 0 Å². The minimum atomic E-state index is -3.07. The van der Waals surface area contributed by atoms with Crippen LogP contribution in [-0.4, -0.2) is 31.1 Å². The second-order valence-corrected chi connectivity index (χ2v) is 5.67. The maximum Gasteiger partial charge on any atom is 0.155 e. The predicted molar refractivity (Wildman–Crippen MR) is 49.8 cm³/mol. The van der Waals surface area contributed by atoms with Gasteiger partial charge in [0, 0.05) is 0 Å². The van der Waals surface area contributed by atoms with E-state index in [0.717, 1.165) is 0 Å². The van der Waals surface area contributed by atoms with E-state index in [2.05, 4.69) is 0 Å². The Morgan fingerprint density at radius 1 is 1.33 bits per heavy atom. The minimum absolute atomic E-state index is 0.00782. The van der Waals surface area contributed by atoms with Gasteiger partial charge in [-0.15, -0.1) is 0 Å². The summed E-state index contributed by atoms with van der Waals surface area (Å²) in [4.78, 5) is 0. The molecule has 1 unspecified atom stereocenters. The molecule has 0 aromatic heterocycles. The van der Waals surface area contributed by atoms with Gasteiger partial charge in [-0.1, -0.05) is 20.8 Å². The first-order valence-corrected chi connectivity index (χ1v) is 5.99. The van der Waals surface area contributed by atoms with Crippen LogP contribution in [0.5, 0.6) is 0 Å². The summed E-state index contributed by atoms with van der Waals surface area (Å²) in [5.41, 5.74) is 0. The van der Waals surface area contributed by atoms with Crippen LogP contribution in [0.2, 0.25) is 0 Å². The van der Waals surface area contributed by atoms with Gasteiger partial charge in [-0.05, 0) is 12.3 Å². The van der Waals surface area contributed by atoms with Crippen LogP contribution in [0.15, 0.2) is 0 Å². The number of hydrogen-bond donors (Lipinski definition) is 1. The van der Waals surface area contributed by atoms with Crippen LogP contribution in [0.4, 0.5) is 0 Å². The van der Waals surface area contributed by atoms with Gasteiger partial charge in [0.1, 0.15) is 0 Å². The van der Waals surface area contributed by atoms with Gasteiger partial charge < -0.3 is 5.11 Å². The Labute approximate surface area is 74.7 Å². The lowest BCUT2D eigenvalue weighted by atomic mass is 10.1. The summed E-state index contributed by atoms with van der Waals surface area (Å²) in [6, 6.07) is 0. The van der Waals surface area contributed by atoms with Gasteiger partial charge in [-0.25, -0.2) is 8.42 Å². The van der Waals surface area contributed by atoms with Crippen molar-refractivity contribution in [2.75, 3.05) is 12.4 Å². The van der Waals surface area contributed by atoms with Crippen molar-refractivity contribution in [2.45, 2.75) is 32.4 Å². The Hall–Kier alpha value is -0.0900. The minimum Gasteiger partial charge on any atom is -0.395 e. The molecule has 0 radical (unpaired) electrons. The highest BCUT2D eigenvalue weighted by atomic mass is 32.2. The van der Waals surface area contributed by atoms with Crippen molar-refractivity contribution in [3.05, 3.63) is 0 Å². The van der Waals surface area contributed by atoms with Gasteiger partial charge >= 0.3 is 0 Å². The molecule has 3 nitrogen and oxygen atoms in total. The molecule has 1 atom stereocenters. The fourth-order valence-electron chi connectivity index (χ4n) is 1.17. The summed E-state index contributed by atoms with van der Waals surface area (Å²) in [7, 11) is -3.07. The molecule has 0 bridgehead atoms. The third-order valence-electron chi connectivity index (χ3n) is 1.87. The van der Waals surface area contributed by atoms with Crippen molar-refractivity contribution < 1.29 is 13.5 Å². The summed E-state index contributed by atoms with van der Waals surface area (Å²) in [6.07, 6.45) is 0.617. The fraction of sp³-hybridized carbons (Fsp3) is 1.00. The molecule has 12 heavy (non-hydrogen) atoms. The maximum absolute atomic E-state index is 11.4. The number of sulfone groups is 1. The molecule has 0 aliphatic carbocycles. The third-order valence-corrected chi connectivity index (χ3v) is 4.47. The Morgan fingerprint density at radius 3 is 2.08 bits per heavy atom. The van der Waals surface area contributed by atoms with Gasteiger partial charge in [-0.3, -0.25) is 0 Å². The average molecular weight is 194 g/mol. The fourth-order valence-corrected chi connectivity index (χ4v) is 3.10. The van der Waals surface area contributed by atoms with E-state index < -0.39 is 15.1 Å². The zero-order valence-electron chi connectivity index (χ0n) is 7.95. The topological polar surface area (TPSA) is 54.4 Å². The number of hydrogen-bond acceptors (Lipinski definition) is 3. The molecule has 4 heteroatoms. The van der Waals surface area contributed by atoms with E-state index in [4.69, 9.17) is 5.11 Å². The molecular formula is C8H18O3S. The van der Waals surface area contributed by atoms with E-state index in [1.807, 2.05) is 20.8 Å². The molecule has 0 rings (SSSR count). The monoisotopic (exact) mass is 194 g/mol. The van der Waals surface area contributed by atoms with E-state index in [9.17, 15) is 8.42 Å². The van der Waals surface area contributed by atoms with E-state index in [-0.39, 0.29) is 18.3 Å². The standard InChI is InChI=1S/C8H18O3S/c1-4-5-12(10,11)8(6-9)7(2)3/h7-9H,4-6H2,1-3H3. The number of aliphatic hydroxyl groups is 1. The van der Waals surface area contributed by atoms with Gasteiger partial charge in [0.25, 0.3) is 0 Å². The van der Waals surface area contributed by atoms with Gasteiger partial charge in [0.15, 0.2) is 9.84 Å². The van der Waals surface area contributed by atoms with Crippen molar-refractivity contribution >= 4 is 9.84 Å². The van der Waals surface area contributed by atoms with Crippen LogP contribution >= 0.6 is 0 Å². The van der Waals surface area contributed by atoms with Crippen LogP contribution in [0.1, 0.15) is 27.2 Å². The van der Waals surface area contributed by atoms with Gasteiger partial charge in [0.05, 0.1) is 17.6 Å². The van der Waals surface area contributed by atoms with Crippen molar-refractivity contribution in [3.8, 4) is 0 Å². The lowest BCUT2D eigenvalue weighted by Crippen LogP contribution is -2.32. The van der Waals surface area contributed by atoms with Crippen molar-refractivity contribution in [1.82, 2.24) is 0 Å². The summed E-state index contributed by atoms with van der Waals surface area (Å²) in [6.45, 7) is 5.19. The zero-order chi connectivity index (χ0) is 9.78. The molecule has 1 N–H and O–H groups in total. The SMILES string of the molecule is CCCS(=O)(=O)C(CO)C(C)C. The molecule has 74 valence electrons. The summed E-state index contributed by atoms with van der Waals surface area (Å²) >= 11 is 0. The molecule has 0 saturated heterocycles. The summed E-state index contributed by atoms with van der Waals surface area (Å²) in [5, 5.41) is 8.29. The second-order valence-electron chi connectivity index (χ2n) is 3.33. The lowest BCUT2D eigenvalue weighted by molar-refractivity contribution is 0.269. The smallest absolute Gasteiger partial charge is 0.155 e. The average Bonchev–Trinajstić information content (AvgIpc) is 1.86. The Bertz CT molecular complexity index is 206. The molecule has 0 aromatic carbocycles. The lowest BCUT2D eigenvalue weighted by Gasteiger charge is -2.17. The summed E-state index contributed by atoms with van der Waals surface area (Å²) < 4.78 is 22.9. The largest absolute Gasteiger partial charge is 0.395 e. The molecule has 0 aliphatic rings. The van der Waals surface area contributed by atoms with E-state index in [1.54, 1.807) is 0 Å². The normalized spacial score (nSPS) is 15.1. The van der Waals surface area contributed by atoms with Crippen molar-refractivity contribution in [1.29, 1.82) is 0 Å². The first-order valence-electron chi connectivity index (χ1n) is 4.28. The second kappa shape index (κ2) is 4.82. The Morgan fingerprint density at radius 2 is 1.83 bits per heavy atom. The highest BCUT2D eigenvalue weighted by molar-refractivity contribution is 7.92. The maximum atomic E-state index is 11.4. The van der Waals surface area contributed by atoms with E-state index in [0.29, 0.717) is 6.42 Å². The molecule has 0 saturated carbocycles. The van der Waals surface area contributed by atoms with Gasteiger partial charge in [-0.2, -0.15) is 0 Å². The first kappa shape index (κ1) is 11.9. The van der Waals surface area contributed by atoms with Crippen LogP contribution in [0.3, 0.4) is 0 Å². The highest BCUT2D eigenvalue weighted by Gasteiger charge is 2.26. The molecule has 0 aromatic rings. The van der Waals surface area contributed by atoms with Crippen molar-refractivity contribution in [3.63, 3.8) is 0 Å². The number of rotatable bonds is 5. The molecular weight excluding hydrogens is 176 g/mol. The van der Waals surface area contributed by atoms with Crippen LogP contribution in [-0.2, 0) is 9.84 Å². The molecule has 0 spiro atoms. The molecule has 0 heterocycles. The first-order chi connectivity index (χ1) is 5.45. The highest BCUT2D eigenvalue weighted by Crippen LogP contribution is 2.13. The zero-order valence-corrected chi connectivity index (χ0v) is 8.76. The molecule has 0 aliphatic heterocycles. The molecule has 0 amide bonds. The van der Waals surface area contributed by atoms with Crippen LogP contribution in [0, 0.1) is 5.92 Å². The third kappa shape index (κ3) is 3.11. The predicted octanol–water partition coefficient (Wildman–Crippen LogP) is 0.828. The number of aliphatic hydroxyl groups excluding tert-OH is 1. The summed E-state index contributed by atoms with van der Waals surface area (Å²) in [5.74, 6) is 0.169. The Balaban J connectivity index is 4.49. The quantitative estimate of drug-likeness (QED) is 0.705.